The molecule has 0 atom stereocenters. The minimum Gasteiger partial charge on any atom is -0.494 e. The van der Waals surface area contributed by atoms with Crippen LogP contribution in [0.2, 0.25) is 0 Å². The molecule has 2 nitrogen and oxygen atoms in total. The maximum absolute atomic E-state index is 5.88. The second kappa shape index (κ2) is 8.19. The molecule has 0 heterocycles. The van der Waals surface area contributed by atoms with Gasteiger partial charge >= 0.3 is 0 Å². The maximum atomic E-state index is 5.88. The van der Waals surface area contributed by atoms with Crippen LogP contribution in [-0.2, 0) is 6.42 Å². The Morgan fingerprint density at radius 3 is 2.62 bits per heavy atom. The molecule has 2 N–H and O–H groups in total. The van der Waals surface area contributed by atoms with Crippen molar-refractivity contribution in [2.45, 2.75) is 58.3 Å². The first-order valence-electron chi connectivity index (χ1n) is 8.30. The topological polar surface area (TPSA) is 35.2 Å². The summed E-state index contributed by atoms with van der Waals surface area (Å²) in [4.78, 5) is 0. The van der Waals surface area contributed by atoms with Crippen molar-refractivity contribution in [3.8, 4) is 5.75 Å². The summed E-state index contributed by atoms with van der Waals surface area (Å²) in [6, 6.07) is 6.36. The summed E-state index contributed by atoms with van der Waals surface area (Å²) in [5, 5.41) is 0. The van der Waals surface area contributed by atoms with Gasteiger partial charge in [0.05, 0.1) is 6.61 Å². The van der Waals surface area contributed by atoms with Crippen LogP contribution in [0.4, 0.5) is 0 Å². The molecule has 0 unspecified atom stereocenters. The maximum Gasteiger partial charge on any atom is 0.122 e. The molecule has 21 heavy (non-hydrogen) atoms. The van der Waals surface area contributed by atoms with Crippen molar-refractivity contribution in [3.05, 3.63) is 28.2 Å². The third-order valence-corrected chi connectivity index (χ3v) is 5.33. The Morgan fingerprint density at radius 1 is 1.19 bits per heavy atom. The van der Waals surface area contributed by atoms with Gasteiger partial charge in [-0.3, -0.25) is 0 Å². The van der Waals surface area contributed by atoms with Crippen LogP contribution in [0.25, 0.3) is 0 Å². The average molecular weight is 354 g/mol. The molecule has 0 saturated heterocycles. The van der Waals surface area contributed by atoms with Crippen LogP contribution in [0, 0.1) is 5.41 Å². The first kappa shape index (κ1) is 16.8. The number of hydrogen-bond donors (Lipinski definition) is 1. The third-order valence-electron chi connectivity index (χ3n) is 4.84. The number of hydrogen-bond acceptors (Lipinski definition) is 2. The molecule has 1 aromatic carbocycles. The van der Waals surface area contributed by atoms with Crippen LogP contribution >= 0.6 is 15.9 Å². The minimum absolute atomic E-state index is 0.471. The van der Waals surface area contributed by atoms with Gasteiger partial charge in [-0.2, -0.15) is 0 Å². The van der Waals surface area contributed by atoms with E-state index in [0.29, 0.717) is 5.41 Å². The predicted octanol–water partition coefficient (Wildman–Crippen LogP) is 5.08. The van der Waals surface area contributed by atoms with E-state index in [-0.39, 0.29) is 0 Å². The zero-order valence-corrected chi connectivity index (χ0v) is 14.8. The highest BCUT2D eigenvalue weighted by Crippen LogP contribution is 2.43. The summed E-state index contributed by atoms with van der Waals surface area (Å²) in [6.45, 7) is 3.59. The first-order chi connectivity index (χ1) is 10.2. The number of aryl methyl sites for hydroxylation is 1. The lowest BCUT2D eigenvalue weighted by atomic mass is 9.68. The van der Waals surface area contributed by atoms with Crippen molar-refractivity contribution in [1.82, 2.24) is 0 Å². The van der Waals surface area contributed by atoms with Crippen molar-refractivity contribution in [1.29, 1.82) is 0 Å². The van der Waals surface area contributed by atoms with E-state index in [9.17, 15) is 0 Å². The summed E-state index contributed by atoms with van der Waals surface area (Å²) < 4.78 is 6.92. The molecule has 0 bridgehead atoms. The van der Waals surface area contributed by atoms with E-state index in [4.69, 9.17) is 10.5 Å². The molecule has 118 valence electrons. The van der Waals surface area contributed by atoms with Crippen molar-refractivity contribution in [2.24, 2.45) is 11.1 Å². The van der Waals surface area contributed by atoms with Gasteiger partial charge in [0.25, 0.3) is 0 Å². The fourth-order valence-corrected chi connectivity index (χ4v) is 4.08. The van der Waals surface area contributed by atoms with Gasteiger partial charge in [0.2, 0.25) is 0 Å². The lowest BCUT2D eigenvalue weighted by Gasteiger charge is -2.37. The smallest absolute Gasteiger partial charge is 0.122 e. The number of halogens is 1. The molecule has 1 fully saturated rings. The normalized spacial score (nSPS) is 17.7. The summed E-state index contributed by atoms with van der Waals surface area (Å²) in [5.41, 5.74) is 7.68. The molecule has 1 aliphatic carbocycles. The van der Waals surface area contributed by atoms with Gasteiger partial charge < -0.3 is 10.5 Å². The Balaban J connectivity index is 2.07. The molecule has 0 aliphatic heterocycles. The SMILES string of the molecule is CCOc1ccc(Br)cc1CCC1(CCN)CCCCC1. The number of ether oxygens (including phenoxy) is 1. The van der Waals surface area contributed by atoms with E-state index in [1.165, 1.54) is 50.5 Å². The summed E-state index contributed by atoms with van der Waals surface area (Å²) >= 11 is 3.58. The van der Waals surface area contributed by atoms with Crippen molar-refractivity contribution in [2.75, 3.05) is 13.2 Å². The molecule has 1 aromatic rings. The highest BCUT2D eigenvalue weighted by molar-refractivity contribution is 9.10. The molecule has 0 aromatic heterocycles. The van der Waals surface area contributed by atoms with E-state index in [2.05, 4.69) is 34.1 Å². The third kappa shape index (κ3) is 4.72. The standard InChI is InChI=1S/C18H28BrNO/c1-2-21-17-7-6-16(19)14-15(17)8-11-18(12-13-20)9-4-3-5-10-18/h6-7,14H,2-5,8-13,20H2,1H3. The molecule has 2 rings (SSSR count). The van der Waals surface area contributed by atoms with Crippen LogP contribution < -0.4 is 10.5 Å². The highest BCUT2D eigenvalue weighted by atomic mass is 79.9. The monoisotopic (exact) mass is 353 g/mol. The van der Waals surface area contributed by atoms with Gasteiger partial charge in [0.1, 0.15) is 5.75 Å². The number of rotatable bonds is 7. The molecule has 0 amide bonds. The molecular formula is C18H28BrNO. The fourth-order valence-electron chi connectivity index (χ4n) is 3.67. The highest BCUT2D eigenvalue weighted by Gasteiger charge is 2.31. The summed E-state index contributed by atoms with van der Waals surface area (Å²) in [6.07, 6.45) is 10.3. The van der Waals surface area contributed by atoms with E-state index in [0.717, 1.165) is 29.8 Å². The number of benzene rings is 1. The molecule has 3 heteroatoms. The minimum atomic E-state index is 0.471. The molecule has 1 saturated carbocycles. The first-order valence-corrected chi connectivity index (χ1v) is 9.10. The lowest BCUT2D eigenvalue weighted by Crippen LogP contribution is -2.28. The van der Waals surface area contributed by atoms with Crippen LogP contribution in [0.3, 0.4) is 0 Å². The summed E-state index contributed by atoms with van der Waals surface area (Å²) in [5.74, 6) is 1.04. The van der Waals surface area contributed by atoms with Gasteiger partial charge in [-0.1, -0.05) is 35.2 Å². The molecular weight excluding hydrogens is 326 g/mol. The van der Waals surface area contributed by atoms with Crippen LogP contribution in [0.1, 0.15) is 57.4 Å². The lowest BCUT2D eigenvalue weighted by molar-refractivity contribution is 0.160. The quantitative estimate of drug-likeness (QED) is 0.741. The van der Waals surface area contributed by atoms with Crippen LogP contribution in [0.5, 0.6) is 5.75 Å². The second-order valence-corrected chi connectivity index (χ2v) is 7.20. The van der Waals surface area contributed by atoms with Crippen molar-refractivity contribution >= 4 is 15.9 Å². The molecule has 0 spiro atoms. The molecule has 1 aliphatic rings. The summed E-state index contributed by atoms with van der Waals surface area (Å²) in [7, 11) is 0. The van der Waals surface area contributed by atoms with Crippen LogP contribution in [-0.4, -0.2) is 13.2 Å². The van der Waals surface area contributed by atoms with Gasteiger partial charge in [0.15, 0.2) is 0 Å². The van der Waals surface area contributed by atoms with Crippen molar-refractivity contribution in [3.63, 3.8) is 0 Å². The Bertz CT molecular complexity index is 435. The van der Waals surface area contributed by atoms with Gasteiger partial charge in [-0.05, 0) is 74.8 Å². The second-order valence-electron chi connectivity index (χ2n) is 6.28. The van der Waals surface area contributed by atoms with Gasteiger partial charge in [0, 0.05) is 4.47 Å². The van der Waals surface area contributed by atoms with Gasteiger partial charge in [-0.25, -0.2) is 0 Å². The largest absolute Gasteiger partial charge is 0.494 e. The van der Waals surface area contributed by atoms with E-state index >= 15 is 0 Å². The molecule has 0 radical (unpaired) electrons. The van der Waals surface area contributed by atoms with E-state index in [1.807, 2.05) is 6.92 Å². The Morgan fingerprint density at radius 2 is 1.95 bits per heavy atom. The predicted molar refractivity (Wildman–Crippen MR) is 92.8 cm³/mol. The zero-order chi connectivity index (χ0) is 15.1. The Labute approximate surface area is 137 Å². The average Bonchev–Trinajstić information content (AvgIpc) is 2.49. The zero-order valence-electron chi connectivity index (χ0n) is 13.2. The van der Waals surface area contributed by atoms with Crippen LogP contribution in [0.15, 0.2) is 22.7 Å². The van der Waals surface area contributed by atoms with Gasteiger partial charge in [-0.15, -0.1) is 0 Å². The van der Waals surface area contributed by atoms with E-state index < -0.39 is 0 Å². The Hall–Kier alpha value is -0.540. The van der Waals surface area contributed by atoms with E-state index in [1.54, 1.807) is 0 Å². The number of nitrogens with two attached hydrogens (primary N) is 1. The van der Waals surface area contributed by atoms with Crippen molar-refractivity contribution < 1.29 is 4.74 Å². The fraction of sp³-hybridized carbons (Fsp3) is 0.667. The Kier molecular flexibility index (Phi) is 6.56.